The Balaban J connectivity index is 1.56. The highest BCUT2D eigenvalue weighted by Gasteiger charge is 2.39. The normalized spacial score (nSPS) is 17.0. The molecule has 1 aliphatic rings. The van der Waals surface area contributed by atoms with E-state index >= 15 is 0 Å². The highest BCUT2D eigenvalue weighted by molar-refractivity contribution is 5.95. The van der Waals surface area contributed by atoms with Crippen molar-refractivity contribution in [2.75, 3.05) is 20.2 Å². The van der Waals surface area contributed by atoms with Gasteiger partial charge in [0.2, 0.25) is 29.5 Å². The predicted octanol–water partition coefficient (Wildman–Crippen LogP) is 3.55. The Labute approximate surface area is 400 Å². The number of hydrogen-bond acceptors (Lipinski definition) is 11. The summed E-state index contributed by atoms with van der Waals surface area (Å²) in [5, 5.41) is 25.7. The molecule has 0 aromatic heterocycles. The third-order valence-corrected chi connectivity index (χ3v) is 11.9. The topological polar surface area (TPSA) is 248 Å². The number of ether oxygens (including phenoxy) is 2. The van der Waals surface area contributed by atoms with E-state index in [1.54, 1.807) is 45.6 Å². The fourth-order valence-corrected chi connectivity index (χ4v) is 8.05. The van der Waals surface area contributed by atoms with E-state index < -0.39 is 96.0 Å². The number of esters is 1. The largest absolute Gasteiger partial charge is 0.467 e. The SMILES string of the molecule is CC[C@H](C)[C@H](NC(=O)C1CCCN1C[C@@H](O)[C@H](Cc1ccccc1)NC(=O)[C@H](CC(N)=O)NC(=O)[C@H](Cc1cccc(-c2ccccc2)c1)NC(=O)OC(C)(C)C)C(=O)N[C@H](C(=O)OC)C(C)C. The molecule has 17 heteroatoms. The van der Waals surface area contributed by atoms with Crippen LogP contribution >= 0.6 is 0 Å². The maximum atomic E-state index is 14.3. The lowest BCUT2D eigenvalue weighted by Gasteiger charge is -2.33. The molecule has 1 aliphatic heterocycles. The van der Waals surface area contributed by atoms with Crippen molar-refractivity contribution in [1.82, 2.24) is 31.5 Å². The molecule has 370 valence electrons. The number of nitrogens with one attached hydrogen (secondary N) is 5. The van der Waals surface area contributed by atoms with Gasteiger partial charge in [0.25, 0.3) is 0 Å². The van der Waals surface area contributed by atoms with E-state index in [-0.39, 0.29) is 31.2 Å². The van der Waals surface area contributed by atoms with Crippen molar-refractivity contribution >= 4 is 41.6 Å². The molecule has 3 aromatic carbocycles. The summed E-state index contributed by atoms with van der Waals surface area (Å²) in [4.78, 5) is 95.9. The monoisotopic (exact) mass is 942 g/mol. The molecule has 3 aromatic rings. The summed E-state index contributed by atoms with van der Waals surface area (Å²) < 4.78 is 10.4. The summed E-state index contributed by atoms with van der Waals surface area (Å²) in [7, 11) is 1.24. The van der Waals surface area contributed by atoms with Crippen molar-refractivity contribution in [2.24, 2.45) is 17.6 Å². The van der Waals surface area contributed by atoms with Gasteiger partial charge in [0, 0.05) is 13.0 Å². The maximum absolute atomic E-state index is 14.3. The van der Waals surface area contributed by atoms with Gasteiger partial charge >= 0.3 is 12.1 Å². The molecule has 6 amide bonds. The summed E-state index contributed by atoms with van der Waals surface area (Å²) in [5.41, 5.74) is 8.01. The standard InChI is InChI=1S/C51H71N7O10/c1-9-32(4)44(48(64)56-43(31(2)3)49(65)67-8)57-47(63)40-24-17-25-58(40)30-41(59)37(27-33-18-12-10-13-19-33)53-46(62)39(29-42(52)60)54-45(61)38(55-50(66)68-51(5,6)7)28-34-20-16-23-36(26-34)35-21-14-11-15-22-35/h10-16,18-23,26,31-32,37-41,43-44,59H,9,17,24-25,27-30H2,1-8H3,(H2,52,60)(H,53,62)(H,54,61)(H,55,66)(H,56,64)(H,57,63)/t32-,37-,38-,39-,40?,41+,43-,44-/m0/s1. The number of hydrogen-bond donors (Lipinski definition) is 7. The predicted molar refractivity (Wildman–Crippen MR) is 257 cm³/mol. The Morgan fingerprint density at radius 2 is 1.37 bits per heavy atom. The van der Waals surface area contributed by atoms with E-state index in [1.807, 2.05) is 92.7 Å². The van der Waals surface area contributed by atoms with Crippen LogP contribution in [-0.2, 0) is 51.1 Å². The van der Waals surface area contributed by atoms with Crippen molar-refractivity contribution in [3.05, 3.63) is 96.1 Å². The molecule has 17 nitrogen and oxygen atoms in total. The van der Waals surface area contributed by atoms with Gasteiger partial charge in [-0.25, -0.2) is 9.59 Å². The van der Waals surface area contributed by atoms with Crippen LogP contribution in [-0.4, -0.2) is 120 Å². The van der Waals surface area contributed by atoms with Crippen LogP contribution in [0.5, 0.6) is 0 Å². The number of primary amides is 1. The number of nitrogens with zero attached hydrogens (tertiary/aromatic N) is 1. The number of alkyl carbamates (subject to hydrolysis) is 1. The van der Waals surface area contributed by atoms with Crippen molar-refractivity contribution in [3.8, 4) is 11.1 Å². The fraction of sp³-hybridized carbons (Fsp3) is 0.510. The molecule has 8 N–H and O–H groups in total. The molecule has 8 atom stereocenters. The van der Waals surface area contributed by atoms with E-state index in [1.165, 1.54) is 7.11 Å². The Bertz CT molecular complexity index is 2170. The van der Waals surface area contributed by atoms with Gasteiger partial charge in [0.05, 0.1) is 31.7 Å². The smallest absolute Gasteiger partial charge is 0.408 e. The molecule has 0 radical (unpaired) electrons. The second-order valence-electron chi connectivity index (χ2n) is 18.9. The fourth-order valence-electron chi connectivity index (χ4n) is 8.05. The van der Waals surface area contributed by atoms with Crippen LogP contribution in [0.1, 0.15) is 85.3 Å². The summed E-state index contributed by atoms with van der Waals surface area (Å²) in [5.74, 6) is -4.61. The number of rotatable bonds is 23. The van der Waals surface area contributed by atoms with E-state index in [0.717, 1.165) is 16.7 Å². The zero-order valence-corrected chi connectivity index (χ0v) is 40.6. The highest BCUT2D eigenvalue weighted by Crippen LogP contribution is 2.23. The van der Waals surface area contributed by atoms with E-state index in [4.69, 9.17) is 15.2 Å². The van der Waals surface area contributed by atoms with Crippen LogP contribution in [0.15, 0.2) is 84.9 Å². The molecule has 0 spiro atoms. The van der Waals surface area contributed by atoms with Gasteiger partial charge in [-0.2, -0.15) is 0 Å². The van der Waals surface area contributed by atoms with Crippen LogP contribution in [0, 0.1) is 11.8 Å². The van der Waals surface area contributed by atoms with E-state index in [9.17, 15) is 38.7 Å². The molecule has 0 aliphatic carbocycles. The number of methoxy groups -OCH3 is 1. The second kappa shape index (κ2) is 25.7. The lowest BCUT2D eigenvalue weighted by Crippen LogP contribution is -2.59. The van der Waals surface area contributed by atoms with Gasteiger partial charge in [0.15, 0.2) is 0 Å². The van der Waals surface area contributed by atoms with Crippen LogP contribution in [0.2, 0.25) is 0 Å². The van der Waals surface area contributed by atoms with E-state index in [2.05, 4.69) is 26.6 Å². The lowest BCUT2D eigenvalue weighted by atomic mass is 9.96. The van der Waals surface area contributed by atoms with E-state index in [0.29, 0.717) is 31.4 Å². The number of carbonyl (C=O) groups excluding carboxylic acids is 7. The Hall–Kier alpha value is -6.33. The van der Waals surface area contributed by atoms with Gasteiger partial charge in [-0.05, 0) is 80.7 Å². The molecular weight excluding hydrogens is 871 g/mol. The van der Waals surface area contributed by atoms with Crippen LogP contribution in [0.3, 0.4) is 0 Å². The Kier molecular flexibility index (Phi) is 20.5. The van der Waals surface area contributed by atoms with Crippen LogP contribution < -0.4 is 32.3 Å². The number of carbonyl (C=O) groups is 7. The zero-order valence-electron chi connectivity index (χ0n) is 40.6. The molecule has 1 saturated heterocycles. The minimum atomic E-state index is -1.52. The number of nitrogens with two attached hydrogens (primary N) is 1. The molecule has 4 rings (SSSR count). The molecule has 1 fully saturated rings. The molecule has 68 heavy (non-hydrogen) atoms. The second-order valence-corrected chi connectivity index (χ2v) is 18.9. The molecule has 1 unspecified atom stereocenters. The number of likely N-dealkylation sites (tertiary alicyclic amines) is 1. The highest BCUT2D eigenvalue weighted by atomic mass is 16.6. The summed E-state index contributed by atoms with van der Waals surface area (Å²) >= 11 is 0. The summed E-state index contributed by atoms with van der Waals surface area (Å²) in [6.45, 7) is 12.7. The van der Waals surface area contributed by atoms with Gasteiger partial charge in [-0.1, -0.05) is 119 Å². The van der Waals surface area contributed by atoms with Gasteiger partial charge in [-0.3, -0.25) is 28.9 Å². The Morgan fingerprint density at radius 1 is 0.750 bits per heavy atom. The van der Waals surface area contributed by atoms with Gasteiger partial charge in [-0.15, -0.1) is 0 Å². The number of amides is 6. The minimum Gasteiger partial charge on any atom is -0.467 e. The zero-order chi connectivity index (χ0) is 50.1. The average Bonchev–Trinajstić information content (AvgIpc) is 3.76. The number of aliphatic hydroxyl groups is 1. The number of aliphatic hydroxyl groups excluding tert-OH is 1. The quantitative estimate of drug-likeness (QED) is 0.0678. The van der Waals surface area contributed by atoms with Crippen molar-refractivity contribution in [3.63, 3.8) is 0 Å². The van der Waals surface area contributed by atoms with Crippen molar-refractivity contribution < 1.29 is 48.1 Å². The first-order chi connectivity index (χ1) is 32.2. The first-order valence-electron chi connectivity index (χ1n) is 23.4. The Morgan fingerprint density at radius 3 is 1.97 bits per heavy atom. The molecule has 0 bridgehead atoms. The van der Waals surface area contributed by atoms with Crippen molar-refractivity contribution in [1.29, 1.82) is 0 Å². The lowest BCUT2D eigenvalue weighted by molar-refractivity contribution is -0.147. The van der Waals surface area contributed by atoms with Gasteiger partial charge < -0.3 is 46.9 Å². The van der Waals surface area contributed by atoms with Crippen LogP contribution in [0.25, 0.3) is 11.1 Å². The van der Waals surface area contributed by atoms with Crippen LogP contribution in [0.4, 0.5) is 4.79 Å². The first-order valence-corrected chi connectivity index (χ1v) is 23.4. The van der Waals surface area contributed by atoms with Gasteiger partial charge in [0.1, 0.15) is 29.8 Å². The minimum absolute atomic E-state index is 0.00861. The summed E-state index contributed by atoms with van der Waals surface area (Å²) in [6, 6.07) is 19.7. The maximum Gasteiger partial charge on any atom is 0.408 e. The number of benzene rings is 3. The third kappa shape index (κ3) is 16.8. The number of β-amino-alcohol motifs (C(OH)–C–C–N with tert-alkyl or cyclic N) is 1. The molecular formula is C51H71N7O10. The molecule has 0 saturated carbocycles. The first kappa shape index (κ1) is 54.3. The third-order valence-electron chi connectivity index (χ3n) is 11.9. The summed E-state index contributed by atoms with van der Waals surface area (Å²) in [6.07, 6.45) is -1.04. The average molecular weight is 942 g/mol. The molecule has 1 heterocycles. The van der Waals surface area contributed by atoms with Crippen molar-refractivity contribution in [2.45, 2.75) is 135 Å².